The molecular weight excluding hydrogens is 232 g/mol. The van der Waals surface area contributed by atoms with Gasteiger partial charge in [-0.3, -0.25) is 4.90 Å². The first-order valence-electron chi connectivity index (χ1n) is 8.61. The van der Waals surface area contributed by atoms with Crippen LogP contribution >= 0.6 is 0 Å². The van der Waals surface area contributed by atoms with Crippen molar-refractivity contribution in [3.8, 4) is 0 Å². The van der Waals surface area contributed by atoms with Crippen molar-refractivity contribution in [2.75, 3.05) is 13.1 Å². The Bertz CT molecular complexity index is 264. The topological polar surface area (TPSA) is 15.3 Å². The Labute approximate surface area is 120 Å². The highest BCUT2D eigenvalue weighted by atomic mass is 15.3. The molecule has 0 amide bonds. The number of nitrogens with one attached hydrogen (secondary N) is 1. The Morgan fingerprint density at radius 1 is 1.16 bits per heavy atom. The van der Waals surface area contributed by atoms with Gasteiger partial charge in [0.2, 0.25) is 0 Å². The highest BCUT2D eigenvalue weighted by molar-refractivity contribution is 5.01. The van der Waals surface area contributed by atoms with E-state index in [1.54, 1.807) is 0 Å². The number of rotatable bonds is 5. The van der Waals surface area contributed by atoms with Crippen LogP contribution in [0.5, 0.6) is 0 Å². The zero-order chi connectivity index (χ0) is 13.9. The summed E-state index contributed by atoms with van der Waals surface area (Å²) in [7, 11) is 0. The lowest BCUT2D eigenvalue weighted by Crippen LogP contribution is -2.66. The maximum absolute atomic E-state index is 3.85. The molecule has 1 unspecified atom stereocenters. The molecule has 0 aromatic rings. The van der Waals surface area contributed by atoms with Gasteiger partial charge in [0.15, 0.2) is 0 Å². The lowest BCUT2D eigenvalue weighted by Gasteiger charge is -2.52. The van der Waals surface area contributed by atoms with E-state index < -0.39 is 0 Å². The molecule has 2 nitrogen and oxygen atoms in total. The van der Waals surface area contributed by atoms with Gasteiger partial charge in [0.1, 0.15) is 0 Å². The monoisotopic (exact) mass is 266 g/mol. The van der Waals surface area contributed by atoms with Gasteiger partial charge < -0.3 is 5.32 Å². The fraction of sp³-hybridized carbons (Fsp3) is 1.00. The maximum Gasteiger partial charge on any atom is 0.0332 e. The molecule has 1 aliphatic carbocycles. The van der Waals surface area contributed by atoms with Gasteiger partial charge in [0, 0.05) is 30.7 Å². The minimum Gasteiger partial charge on any atom is -0.311 e. The molecule has 2 heteroatoms. The molecule has 1 N–H and O–H groups in total. The highest BCUT2D eigenvalue weighted by Gasteiger charge is 2.42. The Hall–Kier alpha value is -0.0800. The van der Waals surface area contributed by atoms with E-state index in [-0.39, 0.29) is 0 Å². The van der Waals surface area contributed by atoms with E-state index in [0.29, 0.717) is 11.6 Å². The predicted molar refractivity (Wildman–Crippen MR) is 83.5 cm³/mol. The first-order valence-corrected chi connectivity index (χ1v) is 8.61. The third kappa shape index (κ3) is 3.33. The van der Waals surface area contributed by atoms with Gasteiger partial charge in [-0.15, -0.1) is 0 Å². The van der Waals surface area contributed by atoms with Crippen molar-refractivity contribution in [3.63, 3.8) is 0 Å². The van der Waals surface area contributed by atoms with Crippen LogP contribution in [0.15, 0.2) is 0 Å². The van der Waals surface area contributed by atoms with E-state index in [2.05, 4.69) is 37.9 Å². The van der Waals surface area contributed by atoms with Crippen LogP contribution in [0.1, 0.15) is 72.6 Å². The van der Waals surface area contributed by atoms with Crippen LogP contribution in [0.4, 0.5) is 0 Å². The zero-order valence-electron chi connectivity index (χ0n) is 13.5. The first kappa shape index (κ1) is 15.3. The molecule has 0 aromatic heterocycles. The van der Waals surface area contributed by atoms with Crippen molar-refractivity contribution in [2.24, 2.45) is 5.92 Å². The van der Waals surface area contributed by atoms with Crippen molar-refractivity contribution in [2.45, 2.75) is 90.3 Å². The summed E-state index contributed by atoms with van der Waals surface area (Å²) < 4.78 is 0. The number of nitrogens with zero attached hydrogens (tertiary/aromatic N) is 1. The molecule has 0 aromatic carbocycles. The van der Waals surface area contributed by atoms with E-state index in [9.17, 15) is 0 Å². The maximum atomic E-state index is 3.85. The van der Waals surface area contributed by atoms with Crippen LogP contribution in [0.2, 0.25) is 0 Å². The number of hydrogen-bond donors (Lipinski definition) is 1. The number of hydrogen-bond acceptors (Lipinski definition) is 2. The van der Waals surface area contributed by atoms with Crippen molar-refractivity contribution < 1.29 is 0 Å². The molecule has 1 heterocycles. The van der Waals surface area contributed by atoms with Crippen molar-refractivity contribution >= 4 is 0 Å². The summed E-state index contributed by atoms with van der Waals surface area (Å²) in [6.45, 7) is 12.0. The Morgan fingerprint density at radius 3 is 2.32 bits per heavy atom. The van der Waals surface area contributed by atoms with Gasteiger partial charge in [0.05, 0.1) is 0 Å². The predicted octanol–water partition coefficient (Wildman–Crippen LogP) is 3.81. The van der Waals surface area contributed by atoms with E-state index in [0.717, 1.165) is 12.0 Å². The molecule has 2 aliphatic rings. The fourth-order valence-electron chi connectivity index (χ4n) is 4.32. The molecule has 1 saturated carbocycles. The van der Waals surface area contributed by atoms with Gasteiger partial charge in [-0.25, -0.2) is 0 Å². The summed E-state index contributed by atoms with van der Waals surface area (Å²) in [6, 6.07) is 1.59. The van der Waals surface area contributed by atoms with E-state index in [1.807, 2.05) is 0 Å². The summed E-state index contributed by atoms with van der Waals surface area (Å²) >= 11 is 0. The minimum absolute atomic E-state index is 0.433. The Morgan fingerprint density at radius 2 is 1.79 bits per heavy atom. The van der Waals surface area contributed by atoms with Crippen molar-refractivity contribution in [1.29, 1.82) is 0 Å². The summed E-state index contributed by atoms with van der Waals surface area (Å²) in [5.41, 5.74) is 0.433. The SMILES string of the molecule is CCC1(CC)CNC(CC(C)C)CN1C1CCCC1. The standard InChI is InChI=1S/C17H34N2/c1-5-17(6-2)13-18-15(11-14(3)4)12-19(17)16-9-7-8-10-16/h14-16,18H,5-13H2,1-4H3. The second kappa shape index (κ2) is 6.58. The highest BCUT2D eigenvalue weighted by Crippen LogP contribution is 2.35. The fourth-order valence-corrected chi connectivity index (χ4v) is 4.32. The van der Waals surface area contributed by atoms with Crippen LogP contribution in [0.3, 0.4) is 0 Å². The van der Waals surface area contributed by atoms with E-state index in [4.69, 9.17) is 0 Å². The molecule has 0 radical (unpaired) electrons. The second-order valence-corrected chi connectivity index (χ2v) is 7.23. The number of piperazine rings is 1. The van der Waals surface area contributed by atoms with Crippen molar-refractivity contribution in [1.82, 2.24) is 10.2 Å². The van der Waals surface area contributed by atoms with E-state index >= 15 is 0 Å². The largest absolute Gasteiger partial charge is 0.311 e. The normalized spacial score (nSPS) is 29.2. The van der Waals surface area contributed by atoms with Crippen LogP contribution < -0.4 is 5.32 Å². The average Bonchev–Trinajstić information content (AvgIpc) is 2.92. The third-order valence-corrected chi connectivity index (χ3v) is 5.58. The van der Waals surface area contributed by atoms with Gasteiger partial charge in [-0.1, -0.05) is 40.5 Å². The molecule has 1 atom stereocenters. The Balaban J connectivity index is 2.09. The smallest absolute Gasteiger partial charge is 0.0332 e. The molecule has 112 valence electrons. The van der Waals surface area contributed by atoms with Crippen LogP contribution in [-0.4, -0.2) is 35.6 Å². The lowest BCUT2D eigenvalue weighted by molar-refractivity contribution is -0.00606. The van der Waals surface area contributed by atoms with Crippen LogP contribution in [0, 0.1) is 5.92 Å². The quantitative estimate of drug-likeness (QED) is 0.814. The Kier molecular flexibility index (Phi) is 5.30. The summed E-state index contributed by atoms with van der Waals surface area (Å²) in [5.74, 6) is 0.804. The molecule has 19 heavy (non-hydrogen) atoms. The second-order valence-electron chi connectivity index (χ2n) is 7.23. The van der Waals surface area contributed by atoms with Crippen LogP contribution in [0.25, 0.3) is 0 Å². The van der Waals surface area contributed by atoms with E-state index in [1.165, 1.54) is 58.0 Å². The third-order valence-electron chi connectivity index (χ3n) is 5.58. The lowest BCUT2D eigenvalue weighted by atomic mass is 9.84. The zero-order valence-corrected chi connectivity index (χ0v) is 13.5. The van der Waals surface area contributed by atoms with Gasteiger partial charge in [0.25, 0.3) is 0 Å². The first-order chi connectivity index (χ1) is 9.11. The van der Waals surface area contributed by atoms with Gasteiger partial charge >= 0.3 is 0 Å². The van der Waals surface area contributed by atoms with Gasteiger partial charge in [-0.2, -0.15) is 0 Å². The van der Waals surface area contributed by atoms with Gasteiger partial charge in [-0.05, 0) is 38.0 Å². The molecule has 1 aliphatic heterocycles. The minimum atomic E-state index is 0.433. The summed E-state index contributed by atoms with van der Waals surface area (Å²) in [4.78, 5) is 2.92. The molecule has 2 fully saturated rings. The summed E-state index contributed by atoms with van der Waals surface area (Å²) in [6.07, 6.45) is 9.70. The summed E-state index contributed by atoms with van der Waals surface area (Å²) in [5, 5.41) is 3.85. The van der Waals surface area contributed by atoms with Crippen LogP contribution in [-0.2, 0) is 0 Å². The average molecular weight is 266 g/mol. The molecular formula is C17H34N2. The molecule has 2 rings (SSSR count). The molecule has 0 spiro atoms. The molecule has 1 saturated heterocycles. The van der Waals surface area contributed by atoms with Crippen molar-refractivity contribution in [3.05, 3.63) is 0 Å². The molecule has 0 bridgehead atoms.